The van der Waals surface area contributed by atoms with Crippen molar-refractivity contribution in [2.24, 2.45) is 10.9 Å². The molecule has 0 spiro atoms. The van der Waals surface area contributed by atoms with Gasteiger partial charge < -0.3 is 15.5 Å². The second-order valence-electron chi connectivity index (χ2n) is 6.30. The third kappa shape index (κ3) is 5.96. The standard InChI is InChI=1S/C18H28N4O.HI/c1-14(2)13-21-18(19-3)20-11-6-9-17(23)22-12-10-15-7-4-5-8-16(15)22;/h4-5,7-8,14H,6,9-13H2,1-3H3,(H2,19,20,21);1H. The molecule has 0 bridgehead atoms. The molecule has 6 heteroatoms. The first-order valence-corrected chi connectivity index (χ1v) is 8.44. The number of amides is 1. The summed E-state index contributed by atoms with van der Waals surface area (Å²) >= 11 is 0. The predicted octanol–water partition coefficient (Wildman–Crippen LogP) is 2.79. The first-order chi connectivity index (χ1) is 11.1. The molecule has 1 amide bonds. The summed E-state index contributed by atoms with van der Waals surface area (Å²) in [6, 6.07) is 8.17. The van der Waals surface area contributed by atoms with Gasteiger partial charge in [-0.25, -0.2) is 0 Å². The summed E-state index contributed by atoms with van der Waals surface area (Å²) in [5.41, 5.74) is 2.36. The molecule has 0 unspecified atom stereocenters. The number of hydrogen-bond acceptors (Lipinski definition) is 2. The first-order valence-electron chi connectivity index (χ1n) is 8.44. The third-order valence-corrected chi connectivity index (χ3v) is 3.95. The lowest BCUT2D eigenvalue weighted by Gasteiger charge is -2.18. The number of rotatable bonds is 6. The topological polar surface area (TPSA) is 56.7 Å². The second-order valence-corrected chi connectivity index (χ2v) is 6.30. The van der Waals surface area contributed by atoms with Gasteiger partial charge in [-0.3, -0.25) is 9.79 Å². The Balaban J connectivity index is 0.00000288. The van der Waals surface area contributed by atoms with Crippen LogP contribution in [0.15, 0.2) is 29.3 Å². The van der Waals surface area contributed by atoms with E-state index in [4.69, 9.17) is 0 Å². The fourth-order valence-corrected chi connectivity index (χ4v) is 2.70. The highest BCUT2D eigenvalue weighted by Crippen LogP contribution is 2.27. The predicted molar refractivity (Wildman–Crippen MR) is 111 cm³/mol. The maximum atomic E-state index is 12.4. The SMILES string of the molecule is CN=C(NCCCC(=O)N1CCc2ccccc21)NCC(C)C.I. The number of carbonyl (C=O) groups excluding carboxylic acids is 1. The van der Waals surface area contributed by atoms with Crippen LogP contribution in [0.2, 0.25) is 0 Å². The van der Waals surface area contributed by atoms with Crippen molar-refractivity contribution in [2.75, 3.05) is 31.6 Å². The van der Waals surface area contributed by atoms with Crippen LogP contribution in [0.25, 0.3) is 0 Å². The number of nitrogens with one attached hydrogen (secondary N) is 2. The summed E-state index contributed by atoms with van der Waals surface area (Å²) in [5.74, 6) is 1.59. The minimum Gasteiger partial charge on any atom is -0.356 e. The minimum absolute atomic E-state index is 0. The van der Waals surface area contributed by atoms with Gasteiger partial charge in [0.25, 0.3) is 0 Å². The first kappa shape index (κ1) is 20.7. The molecule has 2 rings (SSSR count). The summed E-state index contributed by atoms with van der Waals surface area (Å²) in [5, 5.41) is 6.53. The average Bonchev–Trinajstić information content (AvgIpc) is 2.98. The molecule has 1 aliphatic rings. The Morgan fingerprint density at radius 3 is 2.75 bits per heavy atom. The van der Waals surface area contributed by atoms with E-state index in [1.807, 2.05) is 23.1 Å². The number of hydrogen-bond donors (Lipinski definition) is 2. The average molecular weight is 444 g/mol. The fraction of sp³-hybridized carbons (Fsp3) is 0.556. The molecule has 1 heterocycles. The molecule has 0 fully saturated rings. The van der Waals surface area contributed by atoms with Gasteiger partial charge in [0.1, 0.15) is 0 Å². The van der Waals surface area contributed by atoms with Crippen LogP contribution in [-0.2, 0) is 11.2 Å². The highest BCUT2D eigenvalue weighted by molar-refractivity contribution is 14.0. The molecule has 134 valence electrons. The second kappa shape index (κ2) is 10.5. The van der Waals surface area contributed by atoms with Crippen LogP contribution in [0.1, 0.15) is 32.3 Å². The molecule has 24 heavy (non-hydrogen) atoms. The summed E-state index contributed by atoms with van der Waals surface area (Å²) in [6.07, 6.45) is 2.33. The number of guanidine groups is 1. The number of fused-ring (bicyclic) bond motifs is 1. The van der Waals surface area contributed by atoms with Crippen LogP contribution in [-0.4, -0.2) is 38.5 Å². The lowest BCUT2D eigenvalue weighted by molar-refractivity contribution is -0.118. The van der Waals surface area contributed by atoms with E-state index in [2.05, 4.69) is 35.5 Å². The van der Waals surface area contributed by atoms with Gasteiger partial charge in [0, 0.05) is 38.8 Å². The van der Waals surface area contributed by atoms with Crippen LogP contribution in [0.3, 0.4) is 0 Å². The molecule has 0 saturated heterocycles. The van der Waals surface area contributed by atoms with E-state index in [1.165, 1.54) is 5.56 Å². The molecule has 0 aromatic heterocycles. The summed E-state index contributed by atoms with van der Waals surface area (Å²) < 4.78 is 0. The van der Waals surface area contributed by atoms with E-state index in [0.29, 0.717) is 12.3 Å². The summed E-state index contributed by atoms with van der Waals surface area (Å²) in [7, 11) is 1.77. The molecule has 2 N–H and O–H groups in total. The molecular formula is C18H29IN4O. The number of anilines is 1. The number of aliphatic imine (C=N–C) groups is 1. The monoisotopic (exact) mass is 444 g/mol. The number of para-hydroxylation sites is 1. The highest BCUT2D eigenvalue weighted by atomic mass is 127. The Bertz CT molecular complexity index is 560. The van der Waals surface area contributed by atoms with Gasteiger partial charge in [-0.05, 0) is 30.4 Å². The van der Waals surface area contributed by atoms with E-state index >= 15 is 0 Å². The van der Waals surface area contributed by atoms with E-state index in [-0.39, 0.29) is 29.9 Å². The van der Waals surface area contributed by atoms with Crippen LogP contribution in [0.4, 0.5) is 5.69 Å². The molecule has 1 aromatic rings. The van der Waals surface area contributed by atoms with Crippen molar-refractivity contribution in [3.63, 3.8) is 0 Å². The van der Waals surface area contributed by atoms with Gasteiger partial charge >= 0.3 is 0 Å². The van der Waals surface area contributed by atoms with Crippen molar-refractivity contribution in [2.45, 2.75) is 33.1 Å². The summed E-state index contributed by atoms with van der Waals surface area (Å²) in [6.45, 7) is 6.77. The molecule has 1 aliphatic heterocycles. The van der Waals surface area contributed by atoms with Crippen molar-refractivity contribution in [3.05, 3.63) is 29.8 Å². The molecular weight excluding hydrogens is 415 g/mol. The zero-order chi connectivity index (χ0) is 16.7. The normalized spacial score (nSPS) is 13.5. The lowest BCUT2D eigenvalue weighted by atomic mass is 10.2. The van der Waals surface area contributed by atoms with Gasteiger partial charge in [0.2, 0.25) is 5.91 Å². The molecule has 0 aliphatic carbocycles. The van der Waals surface area contributed by atoms with Gasteiger partial charge in [-0.2, -0.15) is 0 Å². The Labute approximate surface area is 162 Å². The Morgan fingerprint density at radius 1 is 1.29 bits per heavy atom. The third-order valence-electron chi connectivity index (χ3n) is 3.95. The van der Waals surface area contributed by atoms with Crippen LogP contribution >= 0.6 is 24.0 Å². The minimum atomic E-state index is 0. The largest absolute Gasteiger partial charge is 0.356 e. The molecule has 0 atom stereocenters. The molecule has 1 aromatic carbocycles. The number of nitrogens with zero attached hydrogens (tertiary/aromatic N) is 2. The summed E-state index contributed by atoms with van der Waals surface area (Å²) in [4.78, 5) is 18.5. The number of carbonyl (C=O) groups is 1. The zero-order valence-electron chi connectivity index (χ0n) is 14.8. The molecule has 0 radical (unpaired) electrons. The van der Waals surface area contributed by atoms with Crippen molar-refractivity contribution < 1.29 is 4.79 Å². The Kier molecular flexibility index (Phi) is 9.10. The van der Waals surface area contributed by atoms with Crippen LogP contribution < -0.4 is 15.5 Å². The zero-order valence-corrected chi connectivity index (χ0v) is 17.2. The van der Waals surface area contributed by atoms with Crippen molar-refractivity contribution >= 4 is 41.5 Å². The van der Waals surface area contributed by atoms with E-state index in [1.54, 1.807) is 7.05 Å². The van der Waals surface area contributed by atoms with Gasteiger partial charge in [0.15, 0.2) is 5.96 Å². The highest BCUT2D eigenvalue weighted by Gasteiger charge is 2.23. The van der Waals surface area contributed by atoms with E-state index in [0.717, 1.165) is 44.1 Å². The Hall–Kier alpha value is -1.31. The van der Waals surface area contributed by atoms with E-state index in [9.17, 15) is 4.79 Å². The fourth-order valence-electron chi connectivity index (χ4n) is 2.70. The maximum absolute atomic E-state index is 12.4. The molecule has 5 nitrogen and oxygen atoms in total. The van der Waals surface area contributed by atoms with Gasteiger partial charge in [0.05, 0.1) is 0 Å². The lowest BCUT2D eigenvalue weighted by Crippen LogP contribution is -2.39. The maximum Gasteiger partial charge on any atom is 0.227 e. The smallest absolute Gasteiger partial charge is 0.227 e. The quantitative estimate of drug-likeness (QED) is 0.307. The van der Waals surface area contributed by atoms with Crippen molar-refractivity contribution in [3.8, 4) is 0 Å². The van der Waals surface area contributed by atoms with Crippen LogP contribution in [0.5, 0.6) is 0 Å². The number of halogens is 1. The van der Waals surface area contributed by atoms with Crippen molar-refractivity contribution in [1.82, 2.24) is 10.6 Å². The van der Waals surface area contributed by atoms with Crippen LogP contribution in [0, 0.1) is 5.92 Å². The Morgan fingerprint density at radius 2 is 2.04 bits per heavy atom. The van der Waals surface area contributed by atoms with Gasteiger partial charge in [-0.15, -0.1) is 24.0 Å². The molecule has 0 saturated carbocycles. The number of benzene rings is 1. The van der Waals surface area contributed by atoms with E-state index < -0.39 is 0 Å². The van der Waals surface area contributed by atoms with Gasteiger partial charge in [-0.1, -0.05) is 32.0 Å². The van der Waals surface area contributed by atoms with Crippen molar-refractivity contribution in [1.29, 1.82) is 0 Å².